The third-order valence-corrected chi connectivity index (χ3v) is 2.63. The first-order chi connectivity index (χ1) is 7.99. The molecule has 0 aliphatic heterocycles. The van der Waals surface area contributed by atoms with Crippen LogP contribution in [0, 0.1) is 11.3 Å². The van der Waals surface area contributed by atoms with E-state index in [1.165, 1.54) is 13.2 Å². The second-order valence-corrected chi connectivity index (χ2v) is 3.87. The smallest absolute Gasteiger partial charge is 0.311 e. The zero-order valence-corrected chi connectivity index (χ0v) is 10.3. The van der Waals surface area contributed by atoms with Crippen molar-refractivity contribution in [1.29, 1.82) is 5.26 Å². The third-order valence-electron chi connectivity index (χ3n) is 1.94. The maximum atomic E-state index is 12.6. The Morgan fingerprint density at radius 1 is 1.71 bits per heavy atom. The number of hydrogen-bond donors (Lipinski definition) is 0. The highest BCUT2D eigenvalue weighted by Crippen LogP contribution is 2.26. The van der Waals surface area contributed by atoms with Crippen molar-refractivity contribution >= 4 is 21.9 Å². The van der Waals surface area contributed by atoms with Gasteiger partial charge in [-0.2, -0.15) is 5.26 Å². The number of carbonyl (C=O) groups excluding carboxylic acids is 1. The molecule has 0 saturated heterocycles. The summed E-state index contributed by atoms with van der Waals surface area (Å²) in [7, 11) is 1.19. The van der Waals surface area contributed by atoms with Crippen LogP contribution in [0.4, 0.5) is 8.78 Å². The fourth-order valence-electron chi connectivity index (χ4n) is 1.13. The lowest BCUT2D eigenvalue weighted by Crippen LogP contribution is -2.09. The predicted octanol–water partition coefficient (Wildman–Crippen LogP) is 2.37. The van der Waals surface area contributed by atoms with Crippen LogP contribution in [0.5, 0.6) is 0 Å². The Labute approximate surface area is 104 Å². The second kappa shape index (κ2) is 5.68. The summed E-state index contributed by atoms with van der Waals surface area (Å²) in [5, 5.41) is 8.67. The third kappa shape index (κ3) is 3.20. The molecule has 7 heteroatoms. The van der Waals surface area contributed by atoms with Gasteiger partial charge in [0.25, 0.3) is 6.43 Å². The number of rotatable bonds is 3. The minimum Gasteiger partial charge on any atom is -0.469 e. The summed E-state index contributed by atoms with van der Waals surface area (Å²) < 4.78 is 29.9. The van der Waals surface area contributed by atoms with Gasteiger partial charge in [0.05, 0.1) is 24.8 Å². The molecule has 17 heavy (non-hydrogen) atoms. The Balaban J connectivity index is 3.21. The molecule has 0 aliphatic rings. The van der Waals surface area contributed by atoms with Gasteiger partial charge in [-0.25, -0.2) is 13.8 Å². The average Bonchev–Trinajstić information content (AvgIpc) is 2.30. The Morgan fingerprint density at radius 3 is 2.82 bits per heavy atom. The van der Waals surface area contributed by atoms with Crippen molar-refractivity contribution in [2.24, 2.45) is 0 Å². The lowest BCUT2D eigenvalue weighted by atomic mass is 10.1. The van der Waals surface area contributed by atoms with Crippen LogP contribution >= 0.6 is 15.9 Å². The van der Waals surface area contributed by atoms with E-state index in [1.807, 2.05) is 0 Å². The van der Waals surface area contributed by atoms with Crippen LogP contribution < -0.4 is 0 Å². The maximum absolute atomic E-state index is 12.6. The molecule has 90 valence electrons. The van der Waals surface area contributed by atoms with Crippen LogP contribution in [0.1, 0.15) is 23.4 Å². The molecule has 0 N–H and O–H groups in total. The Hall–Kier alpha value is -1.55. The zero-order chi connectivity index (χ0) is 13.0. The van der Waals surface area contributed by atoms with Crippen LogP contribution in [-0.2, 0) is 16.0 Å². The van der Waals surface area contributed by atoms with Crippen LogP contribution in [0.2, 0.25) is 0 Å². The first-order valence-electron chi connectivity index (χ1n) is 4.44. The van der Waals surface area contributed by atoms with Gasteiger partial charge in [0.1, 0.15) is 11.8 Å². The van der Waals surface area contributed by atoms with E-state index in [0.717, 1.165) is 0 Å². The van der Waals surface area contributed by atoms with Crippen LogP contribution in [0.15, 0.2) is 10.5 Å². The summed E-state index contributed by atoms with van der Waals surface area (Å²) in [5.41, 5.74) is -0.735. The number of pyridine rings is 1. The molecule has 0 aliphatic carbocycles. The fourth-order valence-corrected chi connectivity index (χ4v) is 1.59. The molecule has 0 saturated carbocycles. The van der Waals surface area contributed by atoms with E-state index in [9.17, 15) is 13.6 Å². The summed E-state index contributed by atoms with van der Waals surface area (Å²) in [6.07, 6.45) is -3.10. The Bertz CT molecular complexity index is 486. The number of hydrogen-bond acceptors (Lipinski definition) is 4. The van der Waals surface area contributed by atoms with Gasteiger partial charge in [0.15, 0.2) is 0 Å². The van der Waals surface area contributed by atoms with Crippen molar-refractivity contribution in [3.8, 4) is 6.07 Å². The molecule has 0 amide bonds. The van der Waals surface area contributed by atoms with E-state index < -0.39 is 18.1 Å². The van der Waals surface area contributed by atoms with Gasteiger partial charge in [0, 0.05) is 4.47 Å². The number of halogens is 3. The number of methoxy groups -OCH3 is 1. The van der Waals surface area contributed by atoms with Crippen LogP contribution in [0.3, 0.4) is 0 Å². The average molecular weight is 305 g/mol. The topological polar surface area (TPSA) is 63.0 Å². The van der Waals surface area contributed by atoms with Gasteiger partial charge in [-0.1, -0.05) is 0 Å². The standard InChI is InChI=1S/C10H7BrF2N2O2/c1-17-8(16)3-7-6(11)2-5(4-14)9(15-7)10(12)13/h2,10H,3H2,1H3. The molecule has 0 bridgehead atoms. The van der Waals surface area contributed by atoms with E-state index in [-0.39, 0.29) is 17.7 Å². The summed E-state index contributed by atoms with van der Waals surface area (Å²) >= 11 is 3.06. The molecule has 0 atom stereocenters. The van der Waals surface area contributed by atoms with Crippen LogP contribution in [-0.4, -0.2) is 18.1 Å². The van der Waals surface area contributed by atoms with Crippen LogP contribution in [0.25, 0.3) is 0 Å². The number of carbonyl (C=O) groups is 1. The minimum absolute atomic E-state index is 0.117. The highest BCUT2D eigenvalue weighted by Gasteiger charge is 2.19. The molecule has 1 heterocycles. The van der Waals surface area contributed by atoms with E-state index in [2.05, 4.69) is 25.7 Å². The number of aromatic nitrogens is 1. The lowest BCUT2D eigenvalue weighted by Gasteiger charge is -2.07. The molecular weight excluding hydrogens is 298 g/mol. The Morgan fingerprint density at radius 2 is 2.35 bits per heavy atom. The first-order valence-corrected chi connectivity index (χ1v) is 5.23. The van der Waals surface area contributed by atoms with Crippen molar-refractivity contribution in [1.82, 2.24) is 4.98 Å². The molecule has 1 rings (SSSR count). The zero-order valence-electron chi connectivity index (χ0n) is 8.71. The lowest BCUT2D eigenvalue weighted by molar-refractivity contribution is -0.139. The summed E-state index contributed by atoms with van der Waals surface area (Å²) in [4.78, 5) is 14.6. The number of esters is 1. The van der Waals surface area contributed by atoms with E-state index in [0.29, 0.717) is 4.47 Å². The minimum atomic E-state index is -2.87. The van der Waals surface area contributed by atoms with Gasteiger partial charge in [0.2, 0.25) is 0 Å². The molecule has 0 spiro atoms. The van der Waals surface area contributed by atoms with Crippen molar-refractivity contribution < 1.29 is 18.3 Å². The fraction of sp³-hybridized carbons (Fsp3) is 0.300. The normalized spacial score (nSPS) is 10.1. The molecule has 1 aromatic heterocycles. The molecular formula is C10H7BrF2N2O2. The molecule has 0 aromatic carbocycles. The summed E-state index contributed by atoms with van der Waals surface area (Å²) in [5.74, 6) is -0.594. The van der Waals surface area contributed by atoms with Gasteiger partial charge in [-0.05, 0) is 22.0 Å². The monoisotopic (exact) mass is 304 g/mol. The summed E-state index contributed by atoms with van der Waals surface area (Å²) in [6.45, 7) is 0. The highest BCUT2D eigenvalue weighted by atomic mass is 79.9. The number of nitrogens with zero attached hydrogens (tertiary/aromatic N) is 2. The number of ether oxygens (including phenoxy) is 1. The largest absolute Gasteiger partial charge is 0.469 e. The molecule has 1 aromatic rings. The highest BCUT2D eigenvalue weighted by molar-refractivity contribution is 9.10. The van der Waals surface area contributed by atoms with Crippen molar-refractivity contribution in [3.63, 3.8) is 0 Å². The maximum Gasteiger partial charge on any atom is 0.311 e. The van der Waals surface area contributed by atoms with E-state index in [4.69, 9.17) is 5.26 Å². The molecule has 0 radical (unpaired) electrons. The van der Waals surface area contributed by atoms with E-state index >= 15 is 0 Å². The second-order valence-electron chi connectivity index (χ2n) is 3.02. The van der Waals surface area contributed by atoms with Crippen molar-refractivity contribution in [2.45, 2.75) is 12.8 Å². The molecule has 4 nitrogen and oxygen atoms in total. The van der Waals surface area contributed by atoms with E-state index in [1.54, 1.807) is 6.07 Å². The molecule has 0 fully saturated rings. The van der Waals surface area contributed by atoms with Crippen molar-refractivity contribution in [3.05, 3.63) is 27.5 Å². The van der Waals surface area contributed by atoms with Gasteiger partial charge in [-0.3, -0.25) is 4.79 Å². The molecule has 0 unspecified atom stereocenters. The number of nitriles is 1. The van der Waals surface area contributed by atoms with Gasteiger partial charge < -0.3 is 4.74 Å². The van der Waals surface area contributed by atoms with Gasteiger partial charge in [-0.15, -0.1) is 0 Å². The van der Waals surface area contributed by atoms with Crippen molar-refractivity contribution in [2.75, 3.05) is 7.11 Å². The summed E-state index contributed by atoms with van der Waals surface area (Å²) in [6, 6.07) is 2.84. The SMILES string of the molecule is COC(=O)Cc1nc(C(F)F)c(C#N)cc1Br. The number of alkyl halides is 2. The van der Waals surface area contributed by atoms with Gasteiger partial charge >= 0.3 is 5.97 Å². The predicted molar refractivity (Wildman–Crippen MR) is 57.3 cm³/mol. The quantitative estimate of drug-likeness (QED) is 0.804. The Kier molecular flexibility index (Phi) is 4.52. The first kappa shape index (κ1) is 13.5.